The molecule has 0 aliphatic heterocycles. The predicted molar refractivity (Wildman–Crippen MR) is 38.0 cm³/mol. The average Bonchev–Trinajstić information content (AvgIpc) is 1.89. The van der Waals surface area contributed by atoms with E-state index in [0.29, 0.717) is 18.9 Å². The van der Waals surface area contributed by atoms with Gasteiger partial charge in [0.05, 0.1) is 6.33 Å². The van der Waals surface area contributed by atoms with Gasteiger partial charge in [0.2, 0.25) is 0 Å². The van der Waals surface area contributed by atoms with Crippen LogP contribution in [0.5, 0.6) is 0 Å². The lowest BCUT2D eigenvalue weighted by atomic mass is 10.3. The van der Waals surface area contributed by atoms with Crippen LogP contribution in [0.15, 0.2) is 12.4 Å². The molecular formula is C7H14FN. The van der Waals surface area contributed by atoms with Gasteiger partial charge >= 0.3 is 0 Å². The van der Waals surface area contributed by atoms with E-state index in [9.17, 15) is 4.39 Å². The van der Waals surface area contributed by atoms with Crippen LogP contribution in [0.3, 0.4) is 0 Å². The lowest BCUT2D eigenvalue weighted by Gasteiger charge is -2.07. The maximum Gasteiger partial charge on any atom is 0.0839 e. The van der Waals surface area contributed by atoms with Crippen molar-refractivity contribution in [3.8, 4) is 0 Å². The average molecular weight is 131 g/mol. The summed E-state index contributed by atoms with van der Waals surface area (Å²) >= 11 is 0. The van der Waals surface area contributed by atoms with Gasteiger partial charge in [-0.15, -0.1) is 0 Å². The highest BCUT2D eigenvalue weighted by molar-refractivity contribution is 4.76. The maximum absolute atomic E-state index is 11.3. The number of nitrogens with one attached hydrogen (secondary N) is 1. The maximum atomic E-state index is 11.3. The predicted octanol–water partition coefficient (Wildman–Crippen LogP) is 1.86. The largest absolute Gasteiger partial charge is 0.311 e. The SMILES string of the molecule is CCC(C)NC/C=C/F. The summed E-state index contributed by atoms with van der Waals surface area (Å²) in [6.07, 6.45) is 3.11. The lowest BCUT2D eigenvalue weighted by Crippen LogP contribution is -2.24. The van der Waals surface area contributed by atoms with E-state index in [0.717, 1.165) is 6.42 Å². The Morgan fingerprint density at radius 2 is 2.33 bits per heavy atom. The third kappa shape index (κ3) is 5.50. The molecule has 0 rings (SSSR count). The van der Waals surface area contributed by atoms with Crippen LogP contribution in [0, 0.1) is 0 Å². The van der Waals surface area contributed by atoms with E-state index in [4.69, 9.17) is 0 Å². The quantitative estimate of drug-likeness (QED) is 0.614. The molecule has 2 heteroatoms. The molecule has 9 heavy (non-hydrogen) atoms. The molecule has 0 saturated carbocycles. The van der Waals surface area contributed by atoms with Gasteiger partial charge in [0.1, 0.15) is 0 Å². The summed E-state index contributed by atoms with van der Waals surface area (Å²) in [5.41, 5.74) is 0. The molecule has 0 spiro atoms. The summed E-state index contributed by atoms with van der Waals surface area (Å²) < 4.78 is 11.3. The van der Waals surface area contributed by atoms with Gasteiger partial charge in [-0.1, -0.05) is 6.92 Å². The normalized spacial score (nSPS) is 14.6. The Morgan fingerprint density at radius 3 is 2.78 bits per heavy atom. The van der Waals surface area contributed by atoms with Gasteiger partial charge in [-0.2, -0.15) is 0 Å². The highest BCUT2D eigenvalue weighted by atomic mass is 19.1. The van der Waals surface area contributed by atoms with Gasteiger partial charge in [-0.05, 0) is 19.4 Å². The van der Waals surface area contributed by atoms with Crippen LogP contribution in [0.1, 0.15) is 20.3 Å². The van der Waals surface area contributed by atoms with Crippen LogP contribution in [-0.2, 0) is 0 Å². The topological polar surface area (TPSA) is 12.0 Å². The molecule has 0 saturated heterocycles. The van der Waals surface area contributed by atoms with Crippen LogP contribution >= 0.6 is 0 Å². The van der Waals surface area contributed by atoms with Crippen molar-refractivity contribution in [1.29, 1.82) is 0 Å². The van der Waals surface area contributed by atoms with Gasteiger partial charge in [0.25, 0.3) is 0 Å². The Labute approximate surface area is 56.0 Å². The zero-order valence-electron chi connectivity index (χ0n) is 6.02. The number of rotatable bonds is 4. The van der Waals surface area contributed by atoms with Crippen LogP contribution in [0.2, 0.25) is 0 Å². The van der Waals surface area contributed by atoms with E-state index < -0.39 is 0 Å². The smallest absolute Gasteiger partial charge is 0.0839 e. The molecule has 0 aromatic rings. The second-order valence-corrected chi connectivity index (χ2v) is 2.08. The summed E-state index contributed by atoms with van der Waals surface area (Å²) in [5, 5.41) is 3.11. The van der Waals surface area contributed by atoms with Crippen molar-refractivity contribution >= 4 is 0 Å². The van der Waals surface area contributed by atoms with Crippen LogP contribution in [0.4, 0.5) is 4.39 Å². The van der Waals surface area contributed by atoms with E-state index in [1.807, 2.05) is 0 Å². The fraction of sp³-hybridized carbons (Fsp3) is 0.714. The first kappa shape index (κ1) is 8.63. The van der Waals surface area contributed by atoms with E-state index in [2.05, 4.69) is 19.2 Å². The molecule has 1 nitrogen and oxygen atoms in total. The zero-order valence-corrected chi connectivity index (χ0v) is 6.02. The highest BCUT2D eigenvalue weighted by Gasteiger charge is 1.91. The molecule has 0 radical (unpaired) electrons. The third-order valence-corrected chi connectivity index (χ3v) is 1.29. The van der Waals surface area contributed by atoms with Crippen LogP contribution < -0.4 is 5.32 Å². The molecule has 1 unspecified atom stereocenters. The Hall–Kier alpha value is -0.370. The van der Waals surface area contributed by atoms with E-state index in [1.54, 1.807) is 0 Å². The summed E-state index contributed by atoms with van der Waals surface area (Å²) in [6.45, 7) is 4.80. The number of halogens is 1. The Bertz CT molecular complexity index is 81.0. The Morgan fingerprint density at radius 1 is 1.67 bits per heavy atom. The molecule has 0 aliphatic rings. The van der Waals surface area contributed by atoms with Gasteiger partial charge < -0.3 is 5.32 Å². The molecule has 1 atom stereocenters. The monoisotopic (exact) mass is 131 g/mol. The molecule has 0 aromatic carbocycles. The second-order valence-electron chi connectivity index (χ2n) is 2.08. The highest BCUT2D eigenvalue weighted by Crippen LogP contribution is 1.85. The van der Waals surface area contributed by atoms with Crippen LogP contribution in [-0.4, -0.2) is 12.6 Å². The van der Waals surface area contributed by atoms with Crippen molar-refractivity contribution in [2.45, 2.75) is 26.3 Å². The van der Waals surface area contributed by atoms with Gasteiger partial charge in [0, 0.05) is 12.6 Å². The second kappa shape index (κ2) is 5.76. The minimum Gasteiger partial charge on any atom is -0.311 e. The van der Waals surface area contributed by atoms with Crippen molar-refractivity contribution < 1.29 is 4.39 Å². The first-order valence-electron chi connectivity index (χ1n) is 3.29. The summed E-state index contributed by atoms with van der Waals surface area (Å²) in [5.74, 6) is 0. The first-order valence-corrected chi connectivity index (χ1v) is 3.29. The molecule has 0 heterocycles. The Kier molecular flexibility index (Phi) is 5.52. The molecule has 1 N–H and O–H groups in total. The standard InChI is InChI=1S/C7H14FN/c1-3-7(2)9-6-4-5-8/h4-5,7,9H,3,6H2,1-2H3/b5-4+. The van der Waals surface area contributed by atoms with E-state index in [1.165, 1.54) is 6.08 Å². The van der Waals surface area contributed by atoms with Crippen molar-refractivity contribution in [3.05, 3.63) is 12.4 Å². The van der Waals surface area contributed by atoms with Crippen molar-refractivity contribution in [3.63, 3.8) is 0 Å². The fourth-order valence-corrected chi connectivity index (χ4v) is 0.458. The molecule has 0 aromatic heterocycles. The molecule has 0 amide bonds. The van der Waals surface area contributed by atoms with Crippen LogP contribution in [0.25, 0.3) is 0 Å². The lowest BCUT2D eigenvalue weighted by molar-refractivity contribution is 0.564. The van der Waals surface area contributed by atoms with Gasteiger partial charge in [-0.3, -0.25) is 0 Å². The van der Waals surface area contributed by atoms with Crippen molar-refractivity contribution in [1.82, 2.24) is 5.32 Å². The summed E-state index contributed by atoms with van der Waals surface area (Å²) in [7, 11) is 0. The molecule has 0 aliphatic carbocycles. The van der Waals surface area contributed by atoms with E-state index in [-0.39, 0.29) is 0 Å². The third-order valence-electron chi connectivity index (χ3n) is 1.29. The number of hydrogen-bond donors (Lipinski definition) is 1. The first-order chi connectivity index (χ1) is 4.31. The minimum absolute atomic E-state index is 0.487. The van der Waals surface area contributed by atoms with Gasteiger partial charge in [-0.25, -0.2) is 4.39 Å². The molecule has 54 valence electrons. The zero-order chi connectivity index (χ0) is 7.11. The molecule has 0 fully saturated rings. The van der Waals surface area contributed by atoms with E-state index >= 15 is 0 Å². The summed E-state index contributed by atoms with van der Waals surface area (Å²) in [6, 6.07) is 0.487. The molecular weight excluding hydrogens is 117 g/mol. The van der Waals surface area contributed by atoms with Crippen molar-refractivity contribution in [2.24, 2.45) is 0 Å². The Balaban J connectivity index is 3.06. The minimum atomic E-state index is 0.487. The van der Waals surface area contributed by atoms with Crippen molar-refractivity contribution in [2.75, 3.05) is 6.54 Å². The summed E-state index contributed by atoms with van der Waals surface area (Å²) in [4.78, 5) is 0. The molecule has 0 bridgehead atoms. The fourth-order valence-electron chi connectivity index (χ4n) is 0.458. The number of hydrogen-bond acceptors (Lipinski definition) is 1. The van der Waals surface area contributed by atoms with Gasteiger partial charge in [0.15, 0.2) is 0 Å².